The topological polar surface area (TPSA) is 143 Å². The summed E-state index contributed by atoms with van der Waals surface area (Å²) in [7, 11) is 7.66. The second kappa shape index (κ2) is 16.0. The summed E-state index contributed by atoms with van der Waals surface area (Å²) in [5.41, 5.74) is 0.904. The summed E-state index contributed by atoms with van der Waals surface area (Å²) < 4.78 is 46.2. The molecule has 2 aliphatic rings. The largest absolute Gasteiger partial charge is 0.493 e. The van der Waals surface area contributed by atoms with Gasteiger partial charge < -0.3 is 53.4 Å². The third-order valence-electron chi connectivity index (χ3n) is 9.36. The van der Waals surface area contributed by atoms with E-state index in [1.54, 1.807) is 33.5 Å². The van der Waals surface area contributed by atoms with Gasteiger partial charge in [0.05, 0.1) is 51.8 Å². The molecule has 0 bridgehead atoms. The van der Waals surface area contributed by atoms with Crippen LogP contribution in [0.3, 0.4) is 0 Å². The maximum atomic E-state index is 13.7. The van der Waals surface area contributed by atoms with Gasteiger partial charge in [-0.05, 0) is 24.6 Å². The van der Waals surface area contributed by atoms with Crippen LogP contribution >= 0.6 is 0 Å². The molecule has 256 valence electrons. The molecule has 3 rings (SSSR count). The van der Waals surface area contributed by atoms with Crippen molar-refractivity contribution >= 4 is 5.91 Å². The molecule has 2 saturated heterocycles. The minimum atomic E-state index is -1.72. The lowest BCUT2D eigenvalue weighted by Crippen LogP contribution is -2.62. The summed E-state index contributed by atoms with van der Waals surface area (Å²) in [5.74, 6) is -1.32. The number of methoxy groups -OCH3 is 5. The Bertz CT molecular complexity index is 1130. The van der Waals surface area contributed by atoms with Crippen LogP contribution in [0.5, 0.6) is 11.5 Å². The van der Waals surface area contributed by atoms with Gasteiger partial charge in [0.2, 0.25) is 5.79 Å². The molecule has 0 aromatic heterocycles. The molecular weight excluding hydrogens is 586 g/mol. The molecule has 2 aliphatic heterocycles. The summed E-state index contributed by atoms with van der Waals surface area (Å²) in [4.78, 5) is 13.7. The zero-order valence-electron chi connectivity index (χ0n) is 28.2. The van der Waals surface area contributed by atoms with Crippen LogP contribution in [0, 0.1) is 11.3 Å². The van der Waals surface area contributed by atoms with E-state index in [4.69, 9.17) is 37.9 Å². The minimum absolute atomic E-state index is 0.0209. The maximum Gasteiger partial charge on any atom is 0.256 e. The van der Waals surface area contributed by atoms with Crippen LogP contribution in [0.1, 0.15) is 52.5 Å². The monoisotopic (exact) mass is 639 g/mol. The average Bonchev–Trinajstić information content (AvgIpc) is 3.02. The number of benzene rings is 1. The van der Waals surface area contributed by atoms with E-state index in [0.29, 0.717) is 24.5 Å². The van der Waals surface area contributed by atoms with Crippen LogP contribution in [0.15, 0.2) is 30.4 Å². The van der Waals surface area contributed by atoms with Gasteiger partial charge in [-0.25, -0.2) is 0 Å². The Hall–Kier alpha value is -2.29. The molecule has 12 nitrogen and oxygen atoms in total. The molecule has 45 heavy (non-hydrogen) atoms. The number of aliphatic hydroxyl groups is 2. The lowest BCUT2D eigenvalue weighted by Gasteiger charge is -2.48. The van der Waals surface area contributed by atoms with E-state index in [1.807, 2.05) is 33.8 Å². The molecular formula is C33H53NO11. The third-order valence-corrected chi connectivity index (χ3v) is 9.36. The van der Waals surface area contributed by atoms with Crippen molar-refractivity contribution in [3.05, 3.63) is 35.9 Å². The van der Waals surface area contributed by atoms with Crippen molar-refractivity contribution in [1.29, 1.82) is 0 Å². The Morgan fingerprint density at radius 2 is 1.82 bits per heavy atom. The fourth-order valence-electron chi connectivity index (χ4n) is 5.87. The second-order valence-corrected chi connectivity index (χ2v) is 12.6. The molecule has 0 radical (unpaired) electrons. The van der Waals surface area contributed by atoms with Gasteiger partial charge in [-0.15, -0.1) is 0 Å². The first kappa shape index (κ1) is 37.2. The molecule has 0 unspecified atom stereocenters. The van der Waals surface area contributed by atoms with Gasteiger partial charge in [0, 0.05) is 51.9 Å². The van der Waals surface area contributed by atoms with Gasteiger partial charge >= 0.3 is 0 Å². The number of nitrogens with one attached hydrogen (secondary N) is 1. The Morgan fingerprint density at radius 3 is 2.40 bits per heavy atom. The fourth-order valence-corrected chi connectivity index (χ4v) is 5.87. The first-order valence-electron chi connectivity index (χ1n) is 15.3. The molecule has 1 amide bonds. The SMILES string of the molecule is C=C1C[C@](OC)([C@H](O)C(=O)N[C@@H](OCc2ccc(OC)c(OC)c2)[C@@H]2C[C@H](O)C(C)(C)[C@H](C[C@@H](COC)OC)O2)O[C@H](C)[C@@H]1C. The zero-order chi connectivity index (χ0) is 33.5. The summed E-state index contributed by atoms with van der Waals surface area (Å²) in [5, 5.41) is 25.5. The van der Waals surface area contributed by atoms with Gasteiger partial charge in [-0.1, -0.05) is 39.0 Å². The van der Waals surface area contributed by atoms with Crippen LogP contribution in [0.2, 0.25) is 0 Å². The summed E-state index contributed by atoms with van der Waals surface area (Å²) in [6.45, 7) is 12.2. The molecule has 2 heterocycles. The van der Waals surface area contributed by atoms with Crippen LogP contribution < -0.4 is 14.8 Å². The number of rotatable bonds is 15. The van der Waals surface area contributed by atoms with Gasteiger partial charge in [-0.3, -0.25) is 4.79 Å². The standard InChI is InChI=1S/C33H53NO11/c1-19-16-33(42-10,45-21(3)20(19)2)29(36)30(37)34-31(43-17-22-11-12-24(40-8)25(13-22)41-9)26-15-27(35)32(4,5)28(44-26)14-23(39-7)18-38-6/h11-13,20-21,23,26-29,31,35-36H,1,14-18H2,2-10H3,(H,34,37)/t20-,21-,23+,26+,27+,28+,29-,31+,33-/m1/s1. The third kappa shape index (κ3) is 8.55. The predicted octanol–water partition coefficient (Wildman–Crippen LogP) is 2.96. The molecule has 1 aromatic carbocycles. The van der Waals surface area contributed by atoms with E-state index in [1.165, 1.54) is 14.2 Å². The van der Waals surface area contributed by atoms with E-state index < -0.39 is 47.8 Å². The number of amides is 1. The van der Waals surface area contributed by atoms with Crippen LogP contribution in [-0.2, 0) is 39.8 Å². The molecule has 3 N–H and O–H groups in total. The Labute approximate surface area is 267 Å². The maximum absolute atomic E-state index is 13.7. The first-order valence-corrected chi connectivity index (χ1v) is 15.3. The van der Waals surface area contributed by atoms with Gasteiger partial charge in [-0.2, -0.15) is 0 Å². The molecule has 9 atom stereocenters. The highest BCUT2D eigenvalue weighted by Gasteiger charge is 2.51. The highest BCUT2D eigenvalue weighted by atomic mass is 16.7. The molecule has 0 spiro atoms. The summed E-state index contributed by atoms with van der Waals surface area (Å²) in [6.07, 6.45) is -4.75. The predicted molar refractivity (Wildman–Crippen MR) is 166 cm³/mol. The number of carbonyl (C=O) groups is 1. The van der Waals surface area contributed by atoms with Crippen LogP contribution in [-0.4, -0.2) is 107 Å². The van der Waals surface area contributed by atoms with E-state index >= 15 is 0 Å². The first-order chi connectivity index (χ1) is 21.3. The fraction of sp³-hybridized carbons (Fsp3) is 0.727. The smallest absolute Gasteiger partial charge is 0.256 e. The highest BCUT2D eigenvalue weighted by molar-refractivity contribution is 5.82. The average molecular weight is 640 g/mol. The van der Waals surface area contributed by atoms with Crippen molar-refractivity contribution in [2.45, 2.75) is 102 Å². The van der Waals surface area contributed by atoms with Gasteiger partial charge in [0.15, 0.2) is 23.8 Å². The van der Waals surface area contributed by atoms with Crippen molar-refractivity contribution in [2.24, 2.45) is 11.3 Å². The van der Waals surface area contributed by atoms with Gasteiger partial charge in [0.25, 0.3) is 5.91 Å². The number of hydrogen-bond donors (Lipinski definition) is 3. The number of ether oxygens (including phenoxy) is 8. The molecule has 2 fully saturated rings. The zero-order valence-corrected chi connectivity index (χ0v) is 28.2. The Balaban J connectivity index is 1.90. The molecule has 0 aliphatic carbocycles. The van der Waals surface area contributed by atoms with Crippen LogP contribution in [0.25, 0.3) is 0 Å². The van der Waals surface area contributed by atoms with Crippen molar-refractivity contribution in [3.8, 4) is 11.5 Å². The Kier molecular flexibility index (Phi) is 13.2. The van der Waals surface area contributed by atoms with E-state index in [0.717, 1.165) is 11.1 Å². The molecule has 0 saturated carbocycles. The van der Waals surface area contributed by atoms with E-state index in [-0.39, 0.29) is 37.6 Å². The summed E-state index contributed by atoms with van der Waals surface area (Å²) >= 11 is 0. The van der Waals surface area contributed by atoms with Crippen molar-refractivity contribution in [3.63, 3.8) is 0 Å². The Morgan fingerprint density at radius 1 is 1.13 bits per heavy atom. The van der Waals surface area contributed by atoms with E-state index in [9.17, 15) is 15.0 Å². The number of hydrogen-bond acceptors (Lipinski definition) is 11. The molecule has 12 heteroatoms. The lowest BCUT2D eigenvalue weighted by molar-refractivity contribution is -0.298. The molecule has 1 aromatic rings. The number of aliphatic hydroxyl groups excluding tert-OH is 2. The quantitative estimate of drug-likeness (QED) is 0.193. The van der Waals surface area contributed by atoms with Gasteiger partial charge in [0.1, 0.15) is 6.10 Å². The normalized spacial score (nSPS) is 30.3. The van der Waals surface area contributed by atoms with Crippen molar-refractivity contribution < 1.29 is 52.9 Å². The van der Waals surface area contributed by atoms with E-state index in [2.05, 4.69) is 11.9 Å². The van der Waals surface area contributed by atoms with Crippen LogP contribution in [0.4, 0.5) is 0 Å². The second-order valence-electron chi connectivity index (χ2n) is 12.6. The number of carbonyl (C=O) groups excluding carboxylic acids is 1. The lowest BCUT2D eigenvalue weighted by atomic mass is 9.74. The highest BCUT2D eigenvalue weighted by Crippen LogP contribution is 2.41. The summed E-state index contributed by atoms with van der Waals surface area (Å²) in [6, 6.07) is 5.34. The minimum Gasteiger partial charge on any atom is -0.493 e. The van der Waals surface area contributed by atoms with Crippen molar-refractivity contribution in [1.82, 2.24) is 5.32 Å². The van der Waals surface area contributed by atoms with Crippen molar-refractivity contribution in [2.75, 3.05) is 42.2 Å².